The summed E-state index contributed by atoms with van der Waals surface area (Å²) in [7, 11) is 3.60. The molecule has 3 aromatic heterocycles. The summed E-state index contributed by atoms with van der Waals surface area (Å²) in [6, 6.07) is 17.7. The van der Waals surface area contributed by atoms with Crippen molar-refractivity contribution in [3.63, 3.8) is 0 Å². The molecule has 3 heterocycles. The van der Waals surface area contributed by atoms with Crippen LogP contribution in [0, 0.1) is 11.3 Å². The molecule has 0 atom stereocenters. The second-order valence-electron chi connectivity index (χ2n) is 7.95. The molecule has 33 heavy (non-hydrogen) atoms. The number of nitrogens with two attached hydrogens (primary N) is 1. The fraction of sp³-hybridized carbons (Fsp3) is 0.154. The van der Waals surface area contributed by atoms with Crippen LogP contribution in [0.2, 0.25) is 0 Å². The number of methoxy groups -OCH3 is 1. The Labute approximate surface area is 191 Å². The van der Waals surface area contributed by atoms with E-state index in [4.69, 9.17) is 20.8 Å². The molecular formula is C26H22N6O. The number of nitrogens with zero attached hydrogens (tertiary/aromatic N) is 5. The lowest BCUT2D eigenvalue weighted by atomic mass is 9.98. The summed E-state index contributed by atoms with van der Waals surface area (Å²) < 4.78 is 7.54. The van der Waals surface area contributed by atoms with Crippen molar-refractivity contribution in [1.82, 2.24) is 19.7 Å². The molecule has 2 N–H and O–H groups in total. The molecule has 5 rings (SSSR count). The molecular weight excluding hydrogens is 412 g/mol. The Morgan fingerprint density at radius 2 is 1.88 bits per heavy atom. The van der Waals surface area contributed by atoms with Gasteiger partial charge >= 0.3 is 0 Å². The van der Waals surface area contributed by atoms with Gasteiger partial charge in [0.2, 0.25) is 0 Å². The molecule has 2 aromatic carbocycles. The molecule has 0 saturated carbocycles. The van der Waals surface area contributed by atoms with E-state index in [1.54, 1.807) is 13.3 Å². The van der Waals surface area contributed by atoms with Crippen molar-refractivity contribution in [2.75, 3.05) is 12.8 Å². The zero-order valence-electron chi connectivity index (χ0n) is 18.4. The third-order valence-corrected chi connectivity index (χ3v) is 5.90. The number of aromatic nitrogens is 4. The molecule has 0 aliphatic rings. The average molecular weight is 435 g/mol. The van der Waals surface area contributed by atoms with Crippen LogP contribution in [0.5, 0.6) is 5.75 Å². The Morgan fingerprint density at radius 1 is 1.06 bits per heavy atom. The van der Waals surface area contributed by atoms with Gasteiger partial charge < -0.3 is 10.5 Å². The quantitative estimate of drug-likeness (QED) is 0.439. The van der Waals surface area contributed by atoms with Crippen molar-refractivity contribution >= 4 is 27.6 Å². The van der Waals surface area contributed by atoms with Crippen LogP contribution in [0.4, 0.5) is 5.82 Å². The van der Waals surface area contributed by atoms with Gasteiger partial charge in [-0.3, -0.25) is 9.67 Å². The molecule has 0 saturated heterocycles. The molecule has 5 aromatic rings. The van der Waals surface area contributed by atoms with Crippen LogP contribution in [-0.4, -0.2) is 26.9 Å². The lowest BCUT2D eigenvalue weighted by Crippen LogP contribution is -1.98. The smallest absolute Gasteiger partial charge is 0.124 e. The molecule has 0 aliphatic carbocycles. The molecule has 7 nitrogen and oxygen atoms in total. The standard InChI is InChI=1S/C26H22N6O/c1-32-22-15-30-21-13-23(33-2)19(8-3-16-9-10-29-24(28)11-16)12-20(21)25(22)26(31-32)18-6-4-17(14-27)5-7-18/h4-7,9-13,15H,3,8H2,1-2H3,(H2,28,29). The van der Waals surface area contributed by atoms with Crippen molar-refractivity contribution in [1.29, 1.82) is 5.26 Å². The average Bonchev–Trinajstić information content (AvgIpc) is 3.19. The van der Waals surface area contributed by atoms with Crippen molar-refractivity contribution in [2.24, 2.45) is 7.05 Å². The van der Waals surface area contributed by atoms with Gasteiger partial charge in [-0.15, -0.1) is 0 Å². The van der Waals surface area contributed by atoms with E-state index >= 15 is 0 Å². The van der Waals surface area contributed by atoms with Crippen molar-refractivity contribution in [3.8, 4) is 23.1 Å². The summed E-state index contributed by atoms with van der Waals surface area (Å²) in [6.07, 6.45) is 5.17. The van der Waals surface area contributed by atoms with Crippen LogP contribution in [0.3, 0.4) is 0 Å². The fourth-order valence-electron chi connectivity index (χ4n) is 4.22. The third-order valence-electron chi connectivity index (χ3n) is 5.90. The summed E-state index contributed by atoms with van der Waals surface area (Å²) in [5.74, 6) is 1.33. The number of hydrogen-bond donors (Lipinski definition) is 1. The zero-order chi connectivity index (χ0) is 22.9. The molecule has 0 amide bonds. The van der Waals surface area contributed by atoms with Crippen molar-refractivity contribution < 1.29 is 4.74 Å². The summed E-state index contributed by atoms with van der Waals surface area (Å²) >= 11 is 0. The maximum Gasteiger partial charge on any atom is 0.124 e. The number of ether oxygens (including phenoxy) is 1. The topological polar surface area (TPSA) is 103 Å². The van der Waals surface area contributed by atoms with E-state index in [1.165, 1.54) is 0 Å². The minimum atomic E-state index is 0.520. The van der Waals surface area contributed by atoms with E-state index in [1.807, 2.05) is 60.4 Å². The SMILES string of the molecule is COc1cc2ncc3c(c(-c4ccc(C#N)cc4)nn3C)c2cc1CCc1ccnc(N)c1. The normalized spacial score (nSPS) is 11.1. The van der Waals surface area contributed by atoms with E-state index in [0.717, 1.165) is 62.8 Å². The minimum Gasteiger partial charge on any atom is -0.496 e. The number of nitrogen functional groups attached to an aromatic ring is 1. The van der Waals surface area contributed by atoms with Gasteiger partial charge in [0.1, 0.15) is 17.3 Å². The minimum absolute atomic E-state index is 0.520. The molecule has 0 bridgehead atoms. The van der Waals surface area contributed by atoms with Crippen LogP contribution in [0.25, 0.3) is 33.1 Å². The highest BCUT2D eigenvalue weighted by atomic mass is 16.5. The summed E-state index contributed by atoms with van der Waals surface area (Å²) in [5.41, 5.74) is 12.3. The summed E-state index contributed by atoms with van der Waals surface area (Å²) in [5, 5.41) is 16.0. The van der Waals surface area contributed by atoms with E-state index in [-0.39, 0.29) is 0 Å². The number of pyridine rings is 2. The van der Waals surface area contributed by atoms with Gasteiger partial charge in [0.25, 0.3) is 0 Å². The Hall–Kier alpha value is -4.44. The fourth-order valence-corrected chi connectivity index (χ4v) is 4.22. The van der Waals surface area contributed by atoms with Crippen molar-refractivity contribution in [3.05, 3.63) is 77.6 Å². The van der Waals surface area contributed by atoms with Gasteiger partial charge in [-0.1, -0.05) is 12.1 Å². The van der Waals surface area contributed by atoms with Crippen LogP contribution in [0.15, 0.2) is 60.9 Å². The van der Waals surface area contributed by atoms with E-state index in [9.17, 15) is 0 Å². The number of fused-ring (bicyclic) bond motifs is 3. The third kappa shape index (κ3) is 3.72. The first-order valence-corrected chi connectivity index (χ1v) is 10.6. The molecule has 162 valence electrons. The maximum absolute atomic E-state index is 9.14. The number of anilines is 1. The largest absolute Gasteiger partial charge is 0.496 e. The van der Waals surface area contributed by atoms with Crippen LogP contribution < -0.4 is 10.5 Å². The number of rotatable bonds is 5. The van der Waals surface area contributed by atoms with E-state index < -0.39 is 0 Å². The predicted octanol–water partition coefficient (Wildman–Crippen LogP) is 4.43. The van der Waals surface area contributed by atoms with Gasteiger partial charge in [0.15, 0.2) is 0 Å². The van der Waals surface area contributed by atoms with Crippen molar-refractivity contribution in [2.45, 2.75) is 12.8 Å². The van der Waals surface area contributed by atoms with Gasteiger partial charge in [0.05, 0.1) is 36.0 Å². The Balaban J connectivity index is 1.66. The van der Waals surface area contributed by atoms with Gasteiger partial charge in [-0.05, 0) is 54.3 Å². The van der Waals surface area contributed by atoms with Gasteiger partial charge in [-0.2, -0.15) is 10.4 Å². The van der Waals surface area contributed by atoms with E-state index in [2.05, 4.69) is 22.1 Å². The Morgan fingerprint density at radius 3 is 2.61 bits per heavy atom. The van der Waals surface area contributed by atoms with Gasteiger partial charge in [-0.25, -0.2) is 4.98 Å². The van der Waals surface area contributed by atoms with Crippen LogP contribution >= 0.6 is 0 Å². The van der Waals surface area contributed by atoms with Crippen LogP contribution in [-0.2, 0) is 19.9 Å². The lowest BCUT2D eigenvalue weighted by Gasteiger charge is -2.12. The second kappa shape index (κ2) is 8.24. The Kier molecular flexibility index (Phi) is 5.11. The summed E-state index contributed by atoms with van der Waals surface area (Å²) in [4.78, 5) is 8.75. The molecule has 0 radical (unpaired) electrons. The second-order valence-corrected chi connectivity index (χ2v) is 7.95. The molecule has 7 heteroatoms. The van der Waals surface area contributed by atoms with E-state index in [0.29, 0.717) is 11.4 Å². The zero-order valence-corrected chi connectivity index (χ0v) is 18.4. The van der Waals surface area contributed by atoms with Crippen LogP contribution in [0.1, 0.15) is 16.7 Å². The Bertz CT molecular complexity index is 1530. The highest BCUT2D eigenvalue weighted by Gasteiger charge is 2.17. The molecule has 0 aliphatic heterocycles. The lowest BCUT2D eigenvalue weighted by molar-refractivity contribution is 0.410. The highest BCUT2D eigenvalue weighted by molar-refractivity contribution is 6.11. The number of benzene rings is 2. The molecule has 0 fully saturated rings. The highest BCUT2D eigenvalue weighted by Crippen LogP contribution is 2.36. The monoisotopic (exact) mass is 434 g/mol. The maximum atomic E-state index is 9.14. The molecule has 0 spiro atoms. The summed E-state index contributed by atoms with van der Waals surface area (Å²) in [6.45, 7) is 0. The predicted molar refractivity (Wildman–Crippen MR) is 129 cm³/mol. The molecule has 0 unspecified atom stereocenters. The first-order chi connectivity index (χ1) is 16.1. The number of hydrogen-bond acceptors (Lipinski definition) is 6. The first-order valence-electron chi connectivity index (χ1n) is 10.6. The van der Waals surface area contributed by atoms with Gasteiger partial charge in [0, 0.05) is 35.6 Å². The first kappa shape index (κ1) is 20.5. The number of nitriles is 1. The number of aryl methyl sites for hydroxylation is 3.